The third-order valence-electron chi connectivity index (χ3n) is 7.86. The molecule has 13 heteroatoms. The predicted octanol–water partition coefficient (Wildman–Crippen LogP) is 4.62. The Hall–Kier alpha value is -3.64. The van der Waals surface area contributed by atoms with Gasteiger partial charge in [-0.25, -0.2) is 4.39 Å². The molecule has 0 aliphatic heterocycles. The molecule has 1 heterocycles. The number of hydrogen-bond donors (Lipinski definition) is 3. The number of amides is 3. The van der Waals surface area contributed by atoms with Gasteiger partial charge in [-0.3, -0.25) is 19.1 Å². The van der Waals surface area contributed by atoms with Crippen molar-refractivity contribution in [1.82, 2.24) is 20.4 Å². The van der Waals surface area contributed by atoms with E-state index in [4.69, 9.17) is 0 Å². The van der Waals surface area contributed by atoms with E-state index in [-0.39, 0.29) is 35.0 Å². The van der Waals surface area contributed by atoms with E-state index in [2.05, 4.69) is 15.7 Å². The van der Waals surface area contributed by atoms with Crippen LogP contribution in [0.25, 0.3) is 0 Å². The van der Waals surface area contributed by atoms with Gasteiger partial charge in [-0.1, -0.05) is 0 Å². The van der Waals surface area contributed by atoms with E-state index in [1.807, 2.05) is 19.2 Å². The van der Waals surface area contributed by atoms with Crippen LogP contribution in [0.3, 0.4) is 0 Å². The third-order valence-corrected chi connectivity index (χ3v) is 7.86. The zero-order valence-corrected chi connectivity index (χ0v) is 24.4. The van der Waals surface area contributed by atoms with Crippen LogP contribution >= 0.6 is 0 Å². The molecule has 2 fully saturated rings. The van der Waals surface area contributed by atoms with Gasteiger partial charge < -0.3 is 20.9 Å². The van der Waals surface area contributed by atoms with Gasteiger partial charge in [-0.15, -0.1) is 0 Å². The summed E-state index contributed by atoms with van der Waals surface area (Å²) in [6.45, 7) is 3.66. The molecule has 2 saturated carbocycles. The number of hydrogen-bond acceptors (Lipinski definition) is 5. The highest BCUT2D eigenvalue weighted by Crippen LogP contribution is 2.51. The van der Waals surface area contributed by atoms with Gasteiger partial charge >= 0.3 is 6.18 Å². The highest BCUT2D eigenvalue weighted by atomic mass is 19.4. The van der Waals surface area contributed by atoms with Crippen LogP contribution in [0.4, 0.5) is 28.9 Å². The molecular weight excluding hydrogens is 556 g/mol. The van der Waals surface area contributed by atoms with Gasteiger partial charge in [-0.05, 0) is 88.0 Å². The lowest BCUT2D eigenvalue weighted by Gasteiger charge is -2.28. The molecule has 4 rings (SSSR count). The molecule has 0 spiro atoms. The standard InChI is InChI=1S/C29H38F4N6O3/c1-15(2)39-22(10-11-35-39)27(41)37-25(24(17-6-7-17)18-8-9-18)28(42)36-21-13-23(38(4)5)19(12-20(21)30)16(3)26(40)34-14-29(31,32)33/h10-13,15-18,24-25H,6-9,14H2,1-5H3,(H,34,40)(H,36,42)(H,37,41)/t16?,25-/m0/s1. The Balaban J connectivity index is 1.60. The molecule has 3 N–H and O–H groups in total. The molecule has 230 valence electrons. The Morgan fingerprint density at radius 1 is 1.05 bits per heavy atom. The fourth-order valence-corrected chi connectivity index (χ4v) is 5.45. The number of alkyl halides is 3. The maximum Gasteiger partial charge on any atom is 0.405 e. The maximum absolute atomic E-state index is 15.4. The minimum atomic E-state index is -4.59. The van der Waals surface area contributed by atoms with Crippen LogP contribution in [0, 0.1) is 23.6 Å². The third kappa shape index (κ3) is 7.40. The van der Waals surface area contributed by atoms with Crippen LogP contribution < -0.4 is 20.9 Å². The molecule has 1 aromatic heterocycles. The summed E-state index contributed by atoms with van der Waals surface area (Å²) in [6.07, 6.45) is 0.741. The van der Waals surface area contributed by atoms with Crippen LogP contribution in [0.15, 0.2) is 24.4 Å². The quantitative estimate of drug-likeness (QED) is 0.311. The van der Waals surface area contributed by atoms with Crippen molar-refractivity contribution >= 4 is 29.1 Å². The summed E-state index contributed by atoms with van der Waals surface area (Å²) in [4.78, 5) is 41.2. The number of carbonyl (C=O) groups excluding carboxylic acids is 3. The molecule has 0 saturated heterocycles. The van der Waals surface area contributed by atoms with Gasteiger partial charge in [0.15, 0.2) is 0 Å². The molecule has 3 amide bonds. The number of anilines is 2. The Morgan fingerprint density at radius 3 is 2.19 bits per heavy atom. The van der Waals surface area contributed by atoms with Crippen molar-refractivity contribution < 1.29 is 31.9 Å². The topological polar surface area (TPSA) is 108 Å². The van der Waals surface area contributed by atoms with E-state index in [1.165, 1.54) is 19.2 Å². The van der Waals surface area contributed by atoms with Crippen LogP contribution in [0.1, 0.15) is 74.5 Å². The molecule has 9 nitrogen and oxygen atoms in total. The average Bonchev–Trinajstić information content (AvgIpc) is 3.85. The summed E-state index contributed by atoms with van der Waals surface area (Å²) in [7, 11) is 3.28. The second kappa shape index (κ2) is 12.3. The van der Waals surface area contributed by atoms with Crippen molar-refractivity contribution in [1.29, 1.82) is 0 Å². The number of carbonyl (C=O) groups is 3. The highest BCUT2D eigenvalue weighted by molar-refractivity contribution is 6.01. The first-order valence-electron chi connectivity index (χ1n) is 14.2. The Bertz CT molecular complexity index is 1300. The molecule has 2 aliphatic carbocycles. The number of nitrogens with zero attached hydrogens (tertiary/aromatic N) is 3. The normalized spacial score (nSPS) is 16.7. The molecule has 42 heavy (non-hydrogen) atoms. The van der Waals surface area contributed by atoms with Crippen molar-refractivity contribution in [2.45, 2.75) is 70.6 Å². The van der Waals surface area contributed by atoms with Crippen LogP contribution in [-0.4, -0.2) is 60.4 Å². The fourth-order valence-electron chi connectivity index (χ4n) is 5.45. The second-order valence-electron chi connectivity index (χ2n) is 11.8. The summed E-state index contributed by atoms with van der Waals surface area (Å²) in [5.41, 5.74) is 0.669. The first-order chi connectivity index (χ1) is 19.7. The summed E-state index contributed by atoms with van der Waals surface area (Å²) in [5.74, 6) is -3.41. The van der Waals surface area contributed by atoms with Crippen molar-refractivity contribution in [2.24, 2.45) is 17.8 Å². The monoisotopic (exact) mass is 594 g/mol. The van der Waals surface area contributed by atoms with E-state index in [0.717, 1.165) is 31.7 Å². The smallest absolute Gasteiger partial charge is 0.377 e. The zero-order chi connectivity index (χ0) is 30.9. The molecule has 1 aromatic carbocycles. The van der Waals surface area contributed by atoms with Gasteiger partial charge in [0.25, 0.3) is 5.91 Å². The number of halogens is 4. The molecule has 2 aromatic rings. The van der Waals surface area contributed by atoms with E-state index in [0.29, 0.717) is 11.4 Å². The Morgan fingerprint density at radius 2 is 1.67 bits per heavy atom. The van der Waals surface area contributed by atoms with Gasteiger partial charge in [-0.2, -0.15) is 18.3 Å². The van der Waals surface area contributed by atoms with Crippen LogP contribution in [-0.2, 0) is 9.59 Å². The van der Waals surface area contributed by atoms with Gasteiger partial charge in [0, 0.05) is 32.0 Å². The van der Waals surface area contributed by atoms with Gasteiger partial charge in [0.05, 0.1) is 11.6 Å². The molecule has 2 aliphatic rings. The minimum Gasteiger partial charge on any atom is -0.377 e. The number of benzene rings is 1. The summed E-state index contributed by atoms with van der Waals surface area (Å²) in [6, 6.07) is 3.00. The average molecular weight is 595 g/mol. The Kier molecular flexibility index (Phi) is 9.17. The molecular formula is C29H38F4N6O3. The van der Waals surface area contributed by atoms with E-state index >= 15 is 4.39 Å². The maximum atomic E-state index is 15.4. The number of rotatable bonds is 12. The van der Waals surface area contributed by atoms with Crippen molar-refractivity contribution in [3.05, 3.63) is 41.5 Å². The van der Waals surface area contributed by atoms with Crippen molar-refractivity contribution in [3.8, 4) is 0 Å². The van der Waals surface area contributed by atoms with E-state index in [9.17, 15) is 27.6 Å². The SMILES string of the molecule is CC(C(=O)NCC(F)(F)F)c1cc(F)c(NC(=O)[C@@H](NC(=O)c2ccnn2C(C)C)C(C2CC2)C2CC2)cc1N(C)C. The van der Waals surface area contributed by atoms with Crippen molar-refractivity contribution in [3.63, 3.8) is 0 Å². The lowest BCUT2D eigenvalue weighted by atomic mass is 9.88. The largest absolute Gasteiger partial charge is 0.405 e. The molecule has 2 atom stereocenters. The lowest BCUT2D eigenvalue weighted by molar-refractivity contribution is -0.139. The second-order valence-corrected chi connectivity index (χ2v) is 11.8. The fraction of sp³-hybridized carbons (Fsp3) is 0.586. The van der Waals surface area contributed by atoms with Crippen LogP contribution in [0.5, 0.6) is 0 Å². The first-order valence-corrected chi connectivity index (χ1v) is 14.2. The summed E-state index contributed by atoms with van der Waals surface area (Å²) >= 11 is 0. The van der Waals surface area contributed by atoms with Crippen molar-refractivity contribution in [2.75, 3.05) is 30.9 Å². The number of aromatic nitrogens is 2. The van der Waals surface area contributed by atoms with Gasteiger partial charge in [0.1, 0.15) is 24.1 Å². The predicted molar refractivity (Wildman–Crippen MR) is 150 cm³/mol. The zero-order valence-electron chi connectivity index (χ0n) is 24.4. The van der Waals surface area contributed by atoms with E-state index < -0.39 is 48.2 Å². The first kappa shape index (κ1) is 31.3. The number of nitrogens with one attached hydrogen (secondary N) is 3. The summed E-state index contributed by atoms with van der Waals surface area (Å²) in [5, 5.41) is 11.6. The Labute approximate surface area is 242 Å². The molecule has 1 unspecified atom stereocenters. The molecule has 0 bridgehead atoms. The summed E-state index contributed by atoms with van der Waals surface area (Å²) < 4.78 is 54.9. The minimum absolute atomic E-state index is 0.0781. The molecule has 0 radical (unpaired) electrons. The van der Waals surface area contributed by atoms with Gasteiger partial charge in [0.2, 0.25) is 11.8 Å². The highest BCUT2D eigenvalue weighted by Gasteiger charge is 2.48. The lowest BCUT2D eigenvalue weighted by Crippen LogP contribution is -2.50. The van der Waals surface area contributed by atoms with E-state index in [1.54, 1.807) is 29.7 Å². The van der Waals surface area contributed by atoms with Crippen LogP contribution in [0.2, 0.25) is 0 Å².